The van der Waals surface area contributed by atoms with Gasteiger partial charge in [-0.2, -0.15) is 0 Å². The van der Waals surface area contributed by atoms with Crippen LogP contribution in [0, 0.1) is 11.6 Å². The molecule has 2 N–H and O–H groups in total. The molecule has 140 valence electrons. The zero-order chi connectivity index (χ0) is 19.3. The number of nitrogens with zero attached hydrogens (tertiary/aromatic N) is 1. The molecule has 1 aromatic carbocycles. The van der Waals surface area contributed by atoms with E-state index in [0.29, 0.717) is 17.0 Å². The minimum Gasteiger partial charge on any atom is -0.373 e. The topological polar surface area (TPSA) is 78.2 Å². The van der Waals surface area contributed by atoms with Crippen molar-refractivity contribution in [3.63, 3.8) is 0 Å². The molecule has 3 aromatic rings. The van der Waals surface area contributed by atoms with Gasteiger partial charge in [0, 0.05) is 29.0 Å². The molecule has 0 spiro atoms. The van der Waals surface area contributed by atoms with Crippen LogP contribution in [0.1, 0.15) is 27.8 Å². The molecule has 0 saturated heterocycles. The Labute approximate surface area is 160 Å². The minimum atomic E-state index is -1.10. The summed E-state index contributed by atoms with van der Waals surface area (Å²) < 4.78 is 33.8. The number of halogens is 3. The van der Waals surface area contributed by atoms with Gasteiger partial charge in [-0.05, 0) is 39.5 Å². The van der Waals surface area contributed by atoms with Crippen molar-refractivity contribution in [2.75, 3.05) is 13.7 Å². The van der Waals surface area contributed by atoms with Crippen molar-refractivity contribution in [2.24, 2.45) is 0 Å². The standard InChI is InChI=1S/C18H14BrF2N3O3/c1-24(18(26)13-2-8(19)5-22-13)15-7-27-6-14-16(15)9-3-11(20)12(21)4-10(9)17(25)23-14/h2-5,15,22H,6-7H2,1H3,(H,23,25)/t15-/m0/s1. The third kappa shape index (κ3) is 2.96. The van der Waals surface area contributed by atoms with E-state index in [-0.39, 0.29) is 29.9 Å². The van der Waals surface area contributed by atoms with Crippen LogP contribution in [-0.4, -0.2) is 34.4 Å². The van der Waals surface area contributed by atoms with Crippen LogP contribution >= 0.6 is 15.9 Å². The van der Waals surface area contributed by atoms with E-state index >= 15 is 0 Å². The van der Waals surface area contributed by atoms with Gasteiger partial charge in [-0.1, -0.05) is 0 Å². The minimum absolute atomic E-state index is 0.0306. The first-order valence-corrected chi connectivity index (χ1v) is 8.88. The van der Waals surface area contributed by atoms with E-state index in [2.05, 4.69) is 25.9 Å². The van der Waals surface area contributed by atoms with Crippen molar-refractivity contribution in [1.82, 2.24) is 14.9 Å². The zero-order valence-electron chi connectivity index (χ0n) is 14.1. The predicted molar refractivity (Wildman–Crippen MR) is 97.5 cm³/mol. The van der Waals surface area contributed by atoms with Crippen LogP contribution in [0.25, 0.3) is 10.8 Å². The zero-order valence-corrected chi connectivity index (χ0v) is 15.7. The number of carbonyl (C=O) groups excluding carboxylic acids is 1. The summed E-state index contributed by atoms with van der Waals surface area (Å²) in [5.74, 6) is -2.45. The Balaban J connectivity index is 1.87. The first kappa shape index (κ1) is 17.9. The molecule has 1 aliphatic rings. The van der Waals surface area contributed by atoms with Gasteiger partial charge in [-0.3, -0.25) is 9.59 Å². The maximum atomic E-state index is 13.9. The highest BCUT2D eigenvalue weighted by Crippen LogP contribution is 2.34. The molecule has 2 aromatic heterocycles. The third-order valence-electron chi connectivity index (χ3n) is 4.71. The number of rotatable bonds is 2. The van der Waals surface area contributed by atoms with Gasteiger partial charge in [0.15, 0.2) is 11.6 Å². The van der Waals surface area contributed by atoms with Crippen molar-refractivity contribution in [2.45, 2.75) is 12.6 Å². The molecule has 4 rings (SSSR count). The van der Waals surface area contributed by atoms with Crippen molar-refractivity contribution in [1.29, 1.82) is 0 Å². The van der Waals surface area contributed by atoms with Crippen molar-refractivity contribution < 1.29 is 18.3 Å². The Bertz CT molecular complexity index is 1120. The number of aromatic amines is 2. The molecule has 0 bridgehead atoms. The second-order valence-corrected chi connectivity index (χ2v) is 7.25. The number of amides is 1. The summed E-state index contributed by atoms with van der Waals surface area (Å²) in [5.41, 5.74) is 0.829. The molecular weight excluding hydrogens is 424 g/mol. The molecular formula is C18H14BrF2N3O3. The molecule has 27 heavy (non-hydrogen) atoms. The normalized spacial score (nSPS) is 16.4. The van der Waals surface area contributed by atoms with E-state index < -0.39 is 23.2 Å². The average molecular weight is 438 g/mol. The van der Waals surface area contributed by atoms with Gasteiger partial charge < -0.3 is 19.6 Å². The molecule has 9 heteroatoms. The number of H-pyrrole nitrogens is 2. The van der Waals surface area contributed by atoms with Gasteiger partial charge in [0.1, 0.15) is 5.69 Å². The van der Waals surface area contributed by atoms with Crippen molar-refractivity contribution in [3.8, 4) is 0 Å². The SMILES string of the molecule is CN(C(=O)c1cc(Br)c[nH]1)[C@H]1COCc2[nH]c(=O)c3cc(F)c(F)cc3c21. The Morgan fingerprint density at radius 1 is 1.26 bits per heavy atom. The van der Waals surface area contributed by atoms with Crippen LogP contribution in [-0.2, 0) is 11.3 Å². The van der Waals surface area contributed by atoms with Gasteiger partial charge in [-0.15, -0.1) is 0 Å². The van der Waals surface area contributed by atoms with E-state index in [0.717, 1.165) is 16.6 Å². The molecule has 3 heterocycles. The first-order chi connectivity index (χ1) is 12.9. The summed E-state index contributed by atoms with van der Waals surface area (Å²) in [6.45, 7) is 0.281. The van der Waals surface area contributed by atoms with Gasteiger partial charge in [-0.25, -0.2) is 8.78 Å². The molecule has 1 amide bonds. The summed E-state index contributed by atoms with van der Waals surface area (Å²) in [4.78, 5) is 32.0. The van der Waals surface area contributed by atoms with E-state index in [9.17, 15) is 18.4 Å². The number of hydrogen-bond donors (Lipinski definition) is 2. The molecule has 0 aliphatic carbocycles. The fraction of sp³-hybridized carbons (Fsp3) is 0.222. The number of benzene rings is 1. The van der Waals surface area contributed by atoms with Gasteiger partial charge in [0.25, 0.3) is 11.5 Å². The number of carbonyl (C=O) groups is 1. The molecule has 0 unspecified atom stereocenters. The number of pyridine rings is 1. The molecule has 0 saturated carbocycles. The van der Waals surface area contributed by atoms with Crippen molar-refractivity contribution >= 4 is 32.6 Å². The van der Waals surface area contributed by atoms with Crippen molar-refractivity contribution in [3.05, 3.63) is 67.8 Å². The summed E-state index contributed by atoms with van der Waals surface area (Å²) in [7, 11) is 1.59. The summed E-state index contributed by atoms with van der Waals surface area (Å²) >= 11 is 3.28. The van der Waals surface area contributed by atoms with E-state index in [4.69, 9.17) is 4.74 Å². The van der Waals surface area contributed by atoms with Crippen LogP contribution in [0.3, 0.4) is 0 Å². The number of hydrogen-bond acceptors (Lipinski definition) is 3. The molecule has 0 fully saturated rings. The third-order valence-corrected chi connectivity index (χ3v) is 5.16. The lowest BCUT2D eigenvalue weighted by atomic mass is 9.95. The van der Waals surface area contributed by atoms with Gasteiger partial charge in [0.2, 0.25) is 0 Å². The Morgan fingerprint density at radius 2 is 1.96 bits per heavy atom. The monoisotopic (exact) mass is 437 g/mol. The molecule has 1 aliphatic heterocycles. The number of fused-ring (bicyclic) bond motifs is 3. The second-order valence-electron chi connectivity index (χ2n) is 6.34. The summed E-state index contributed by atoms with van der Waals surface area (Å²) in [6.07, 6.45) is 1.64. The van der Waals surface area contributed by atoms with Gasteiger partial charge in [0.05, 0.1) is 24.6 Å². The van der Waals surface area contributed by atoms with Crippen LogP contribution in [0.5, 0.6) is 0 Å². The smallest absolute Gasteiger partial charge is 0.270 e. The van der Waals surface area contributed by atoms with Gasteiger partial charge >= 0.3 is 0 Å². The fourth-order valence-corrected chi connectivity index (χ4v) is 3.71. The highest BCUT2D eigenvalue weighted by atomic mass is 79.9. The number of ether oxygens (including phenoxy) is 1. The Morgan fingerprint density at radius 3 is 2.63 bits per heavy atom. The largest absolute Gasteiger partial charge is 0.373 e. The summed E-state index contributed by atoms with van der Waals surface area (Å²) in [6, 6.07) is 2.94. The molecule has 0 radical (unpaired) electrons. The lowest BCUT2D eigenvalue weighted by Gasteiger charge is -2.33. The quantitative estimate of drug-likeness (QED) is 0.645. The molecule has 1 atom stereocenters. The fourth-order valence-electron chi connectivity index (χ4n) is 3.37. The van der Waals surface area contributed by atoms with Crippen LogP contribution in [0.2, 0.25) is 0 Å². The Hall–Kier alpha value is -2.52. The van der Waals surface area contributed by atoms with E-state index in [1.54, 1.807) is 19.3 Å². The molecule has 6 nitrogen and oxygen atoms in total. The maximum absolute atomic E-state index is 13.9. The highest BCUT2D eigenvalue weighted by molar-refractivity contribution is 9.10. The summed E-state index contributed by atoms with van der Waals surface area (Å²) in [5, 5.41) is 0.302. The average Bonchev–Trinajstić information content (AvgIpc) is 3.08. The van der Waals surface area contributed by atoms with Crippen LogP contribution < -0.4 is 5.56 Å². The van der Waals surface area contributed by atoms with Crippen LogP contribution in [0.4, 0.5) is 8.78 Å². The number of aromatic nitrogens is 2. The predicted octanol–water partition coefficient (Wildman–Crippen LogP) is 3.24. The number of nitrogens with one attached hydrogen (secondary N) is 2. The Kier molecular flexibility index (Phi) is 4.35. The van der Waals surface area contributed by atoms with Crippen LogP contribution in [0.15, 0.2) is 33.7 Å². The van der Waals surface area contributed by atoms with E-state index in [1.807, 2.05) is 0 Å². The maximum Gasteiger partial charge on any atom is 0.270 e. The lowest BCUT2D eigenvalue weighted by molar-refractivity contribution is 0.0333. The lowest BCUT2D eigenvalue weighted by Crippen LogP contribution is -2.37. The highest BCUT2D eigenvalue weighted by Gasteiger charge is 2.31. The second kappa shape index (κ2) is 6.58. The first-order valence-electron chi connectivity index (χ1n) is 8.09. The number of likely N-dealkylation sites (N-methyl/N-ethyl adjacent to an activating group) is 1. The van der Waals surface area contributed by atoms with E-state index in [1.165, 1.54) is 4.90 Å².